The van der Waals surface area contributed by atoms with Gasteiger partial charge in [0.2, 0.25) is 0 Å². The van der Waals surface area contributed by atoms with Crippen LogP contribution < -0.4 is 15.4 Å². The van der Waals surface area contributed by atoms with E-state index in [1.807, 2.05) is 0 Å². The van der Waals surface area contributed by atoms with Crippen LogP contribution in [0.25, 0.3) is 0 Å². The summed E-state index contributed by atoms with van der Waals surface area (Å²) in [5.41, 5.74) is -0.114. The summed E-state index contributed by atoms with van der Waals surface area (Å²) in [5.74, 6) is -1.63. The summed E-state index contributed by atoms with van der Waals surface area (Å²) in [6.07, 6.45) is -1.21. The van der Waals surface area contributed by atoms with Crippen molar-refractivity contribution in [1.29, 1.82) is 0 Å². The van der Waals surface area contributed by atoms with Gasteiger partial charge in [0, 0.05) is 12.1 Å². The number of phenolic OH excluding ortho intramolecular Hbond substituents is 1. The number of urea groups is 1. The molecule has 1 aromatic carbocycles. The summed E-state index contributed by atoms with van der Waals surface area (Å²) in [4.78, 5) is 35.1. The van der Waals surface area contributed by atoms with Crippen molar-refractivity contribution in [2.45, 2.75) is 32.9 Å². The zero-order valence-electron chi connectivity index (χ0n) is 13.4. The van der Waals surface area contributed by atoms with Gasteiger partial charge in [0.05, 0.1) is 7.11 Å². The van der Waals surface area contributed by atoms with E-state index in [4.69, 9.17) is 9.47 Å². The molecule has 0 saturated heterocycles. The van der Waals surface area contributed by atoms with Crippen molar-refractivity contribution >= 4 is 17.9 Å². The molecule has 23 heavy (non-hydrogen) atoms. The fourth-order valence-electron chi connectivity index (χ4n) is 1.60. The lowest BCUT2D eigenvalue weighted by molar-refractivity contribution is -0.127. The molecular formula is C15H20N2O6. The van der Waals surface area contributed by atoms with Gasteiger partial charge in [-0.3, -0.25) is 10.1 Å². The van der Waals surface area contributed by atoms with E-state index < -0.39 is 24.0 Å². The van der Waals surface area contributed by atoms with Crippen molar-refractivity contribution in [2.24, 2.45) is 0 Å². The highest BCUT2D eigenvalue weighted by molar-refractivity contribution is 5.99. The van der Waals surface area contributed by atoms with Gasteiger partial charge >= 0.3 is 12.0 Å². The summed E-state index contributed by atoms with van der Waals surface area (Å²) >= 11 is 0. The fraction of sp³-hybridized carbons (Fsp3) is 0.400. The number of esters is 1. The van der Waals surface area contributed by atoms with E-state index in [0.717, 1.165) is 0 Å². The van der Waals surface area contributed by atoms with Crippen LogP contribution in [0.3, 0.4) is 0 Å². The minimum atomic E-state index is -1.21. The Balaban J connectivity index is 2.66. The third-order valence-electron chi connectivity index (χ3n) is 2.73. The zero-order chi connectivity index (χ0) is 17.6. The van der Waals surface area contributed by atoms with E-state index >= 15 is 0 Å². The standard InChI is InChI=1S/C15H20N2O6/c1-8(2)16-15(21)17-13(19)9(3)23-14(20)11-6-5-10(22-4)7-12(11)18/h5-9,18H,1-4H3,(H2,16,17,19,21)/t9-/m1/s1. The van der Waals surface area contributed by atoms with Crippen LogP contribution in [-0.4, -0.2) is 42.3 Å². The number of ether oxygens (including phenoxy) is 2. The van der Waals surface area contributed by atoms with Crippen molar-refractivity contribution < 1.29 is 29.0 Å². The van der Waals surface area contributed by atoms with Gasteiger partial charge in [0.25, 0.3) is 5.91 Å². The van der Waals surface area contributed by atoms with E-state index in [9.17, 15) is 19.5 Å². The van der Waals surface area contributed by atoms with Crippen LogP contribution in [0.15, 0.2) is 18.2 Å². The first kappa shape index (κ1) is 18.3. The molecule has 8 heteroatoms. The Morgan fingerprint density at radius 1 is 1.17 bits per heavy atom. The van der Waals surface area contributed by atoms with E-state index in [-0.39, 0.29) is 17.4 Å². The first-order valence-electron chi connectivity index (χ1n) is 6.94. The average molecular weight is 324 g/mol. The minimum absolute atomic E-state index is 0.114. The predicted octanol–water partition coefficient (Wildman–Crippen LogP) is 1.18. The minimum Gasteiger partial charge on any atom is -0.507 e. The number of amides is 3. The van der Waals surface area contributed by atoms with Gasteiger partial charge in [-0.25, -0.2) is 9.59 Å². The van der Waals surface area contributed by atoms with Gasteiger partial charge in [-0.2, -0.15) is 0 Å². The molecule has 0 saturated carbocycles. The number of hydrogen-bond donors (Lipinski definition) is 3. The van der Waals surface area contributed by atoms with Crippen LogP contribution in [0, 0.1) is 0 Å². The number of phenols is 1. The number of methoxy groups -OCH3 is 1. The molecule has 1 aromatic rings. The predicted molar refractivity (Wildman–Crippen MR) is 81.3 cm³/mol. The number of rotatable bonds is 5. The van der Waals surface area contributed by atoms with Gasteiger partial charge in [0.15, 0.2) is 6.10 Å². The van der Waals surface area contributed by atoms with Gasteiger partial charge < -0.3 is 19.9 Å². The highest BCUT2D eigenvalue weighted by Gasteiger charge is 2.22. The summed E-state index contributed by atoms with van der Waals surface area (Å²) < 4.78 is 9.83. The van der Waals surface area contributed by atoms with Crippen molar-refractivity contribution in [2.75, 3.05) is 7.11 Å². The Morgan fingerprint density at radius 2 is 1.83 bits per heavy atom. The number of hydrogen-bond acceptors (Lipinski definition) is 6. The van der Waals surface area contributed by atoms with Gasteiger partial charge in [-0.05, 0) is 32.9 Å². The van der Waals surface area contributed by atoms with Crippen LogP contribution in [0.4, 0.5) is 4.79 Å². The first-order valence-corrected chi connectivity index (χ1v) is 6.94. The molecule has 0 aliphatic carbocycles. The maximum Gasteiger partial charge on any atom is 0.342 e. The van der Waals surface area contributed by atoms with Crippen molar-refractivity contribution in [3.63, 3.8) is 0 Å². The monoisotopic (exact) mass is 324 g/mol. The first-order chi connectivity index (χ1) is 10.7. The molecular weight excluding hydrogens is 304 g/mol. The molecule has 3 N–H and O–H groups in total. The van der Waals surface area contributed by atoms with Crippen LogP contribution in [0.5, 0.6) is 11.5 Å². The van der Waals surface area contributed by atoms with Crippen LogP contribution in [0.1, 0.15) is 31.1 Å². The fourth-order valence-corrected chi connectivity index (χ4v) is 1.60. The quantitative estimate of drug-likeness (QED) is 0.701. The molecule has 3 amide bonds. The van der Waals surface area contributed by atoms with Crippen molar-refractivity contribution in [3.8, 4) is 11.5 Å². The Bertz CT molecular complexity index is 600. The maximum absolute atomic E-state index is 11.9. The lowest BCUT2D eigenvalue weighted by Crippen LogP contribution is -2.46. The second kappa shape index (κ2) is 8.02. The van der Waals surface area contributed by atoms with E-state index in [2.05, 4.69) is 10.6 Å². The zero-order valence-corrected chi connectivity index (χ0v) is 13.4. The van der Waals surface area contributed by atoms with Gasteiger partial charge in [-0.1, -0.05) is 0 Å². The highest BCUT2D eigenvalue weighted by atomic mass is 16.5. The third kappa shape index (κ3) is 5.50. The second-order valence-corrected chi connectivity index (χ2v) is 5.05. The number of aromatic hydroxyl groups is 1. The Hall–Kier alpha value is -2.77. The van der Waals surface area contributed by atoms with Crippen molar-refractivity contribution in [1.82, 2.24) is 10.6 Å². The molecule has 0 radical (unpaired) electrons. The number of imide groups is 1. The molecule has 1 atom stereocenters. The second-order valence-electron chi connectivity index (χ2n) is 5.05. The average Bonchev–Trinajstić information content (AvgIpc) is 2.45. The number of nitrogens with one attached hydrogen (secondary N) is 2. The maximum atomic E-state index is 11.9. The molecule has 126 valence electrons. The normalized spacial score (nSPS) is 11.5. The van der Waals surface area contributed by atoms with Gasteiger partial charge in [-0.15, -0.1) is 0 Å². The SMILES string of the molecule is COc1ccc(C(=O)O[C@H](C)C(=O)NC(=O)NC(C)C)c(O)c1. The Morgan fingerprint density at radius 3 is 2.35 bits per heavy atom. The molecule has 0 aliphatic heterocycles. The Kier molecular flexibility index (Phi) is 6.37. The summed E-state index contributed by atoms with van der Waals surface area (Å²) in [7, 11) is 1.42. The van der Waals surface area contributed by atoms with Crippen molar-refractivity contribution in [3.05, 3.63) is 23.8 Å². The molecule has 0 heterocycles. The Labute approximate surface area is 133 Å². The van der Waals surface area contributed by atoms with Gasteiger partial charge in [0.1, 0.15) is 17.1 Å². The summed E-state index contributed by atoms with van der Waals surface area (Å²) in [6, 6.07) is 3.21. The topological polar surface area (TPSA) is 114 Å². The number of carbonyl (C=O) groups excluding carboxylic acids is 3. The molecule has 8 nitrogen and oxygen atoms in total. The van der Waals surface area contributed by atoms with E-state index in [1.165, 1.54) is 32.2 Å². The summed E-state index contributed by atoms with van der Waals surface area (Å²) in [5, 5.41) is 14.3. The number of carbonyl (C=O) groups is 3. The molecule has 0 unspecified atom stereocenters. The molecule has 0 spiro atoms. The van der Waals surface area contributed by atoms with E-state index in [0.29, 0.717) is 5.75 Å². The lowest BCUT2D eigenvalue weighted by atomic mass is 10.2. The third-order valence-corrected chi connectivity index (χ3v) is 2.73. The molecule has 0 aromatic heterocycles. The smallest absolute Gasteiger partial charge is 0.342 e. The number of benzene rings is 1. The summed E-state index contributed by atoms with van der Waals surface area (Å²) in [6.45, 7) is 4.79. The van der Waals surface area contributed by atoms with Crippen LogP contribution >= 0.6 is 0 Å². The lowest BCUT2D eigenvalue weighted by Gasteiger charge is -2.15. The molecule has 0 aliphatic rings. The molecule has 0 fully saturated rings. The highest BCUT2D eigenvalue weighted by Crippen LogP contribution is 2.24. The van der Waals surface area contributed by atoms with Crippen LogP contribution in [-0.2, 0) is 9.53 Å². The van der Waals surface area contributed by atoms with Crippen LogP contribution in [0.2, 0.25) is 0 Å². The van der Waals surface area contributed by atoms with E-state index in [1.54, 1.807) is 13.8 Å². The molecule has 0 bridgehead atoms. The largest absolute Gasteiger partial charge is 0.507 e. The molecule has 1 rings (SSSR count).